The summed E-state index contributed by atoms with van der Waals surface area (Å²) in [6.45, 7) is 2.64. The van der Waals surface area contributed by atoms with Crippen LogP contribution in [0.1, 0.15) is 24.1 Å². The maximum atomic E-state index is 14.1. The van der Waals surface area contributed by atoms with Crippen LogP contribution in [0.15, 0.2) is 39.5 Å². The van der Waals surface area contributed by atoms with E-state index >= 15 is 0 Å². The Labute approximate surface area is 139 Å². The number of pyridine rings is 1. The second-order valence-corrected chi connectivity index (χ2v) is 6.34. The smallest absolute Gasteiger partial charge is 0.143 e. The topological polar surface area (TPSA) is 24.9 Å². The average Bonchev–Trinajstić information content (AvgIpc) is 2.46. The predicted molar refractivity (Wildman–Crippen MR) is 86.1 cm³/mol. The van der Waals surface area contributed by atoms with Crippen LogP contribution in [0.3, 0.4) is 0 Å². The zero-order valence-electron chi connectivity index (χ0n) is 11.3. The van der Waals surface area contributed by atoms with Crippen LogP contribution in [-0.2, 0) is 6.42 Å². The summed E-state index contributed by atoms with van der Waals surface area (Å²) in [6.07, 6.45) is 3.59. The SMILES string of the molecule is CCNC(Cc1c(F)ccc(Br)c1F)c1cncc(Br)c1. The fourth-order valence-electron chi connectivity index (χ4n) is 2.13. The minimum Gasteiger partial charge on any atom is -0.310 e. The molecule has 112 valence electrons. The van der Waals surface area contributed by atoms with Crippen molar-refractivity contribution in [2.24, 2.45) is 0 Å². The van der Waals surface area contributed by atoms with Crippen LogP contribution >= 0.6 is 31.9 Å². The highest BCUT2D eigenvalue weighted by Crippen LogP contribution is 2.27. The van der Waals surface area contributed by atoms with Gasteiger partial charge < -0.3 is 5.32 Å². The third-order valence-corrected chi connectivity index (χ3v) is 4.17. The van der Waals surface area contributed by atoms with E-state index in [1.165, 1.54) is 12.1 Å². The van der Waals surface area contributed by atoms with Gasteiger partial charge in [0.2, 0.25) is 0 Å². The van der Waals surface area contributed by atoms with Gasteiger partial charge in [0.25, 0.3) is 0 Å². The molecule has 0 aliphatic heterocycles. The second-order valence-electron chi connectivity index (χ2n) is 4.57. The van der Waals surface area contributed by atoms with E-state index < -0.39 is 11.6 Å². The fourth-order valence-corrected chi connectivity index (χ4v) is 2.89. The summed E-state index contributed by atoms with van der Waals surface area (Å²) in [5.74, 6) is -1.09. The number of likely N-dealkylation sites (N-methyl/N-ethyl adjacent to an activating group) is 1. The first-order valence-corrected chi connectivity index (χ1v) is 8.07. The van der Waals surface area contributed by atoms with Gasteiger partial charge in [0, 0.05) is 28.5 Å². The molecule has 1 N–H and O–H groups in total. The fraction of sp³-hybridized carbons (Fsp3) is 0.267. The third kappa shape index (κ3) is 4.08. The van der Waals surface area contributed by atoms with Crippen LogP contribution in [-0.4, -0.2) is 11.5 Å². The molecule has 0 radical (unpaired) electrons. The van der Waals surface area contributed by atoms with Gasteiger partial charge in [-0.1, -0.05) is 6.92 Å². The van der Waals surface area contributed by atoms with Crippen LogP contribution in [0.4, 0.5) is 8.78 Å². The van der Waals surface area contributed by atoms with Crippen LogP contribution in [0.5, 0.6) is 0 Å². The summed E-state index contributed by atoms with van der Waals surface area (Å²) < 4.78 is 29.1. The number of aromatic nitrogens is 1. The minimum absolute atomic E-state index is 0.0651. The summed E-state index contributed by atoms with van der Waals surface area (Å²) in [6, 6.07) is 4.33. The highest BCUT2D eigenvalue weighted by Gasteiger charge is 2.19. The number of halogens is 4. The maximum absolute atomic E-state index is 14.1. The van der Waals surface area contributed by atoms with Crippen molar-refractivity contribution in [1.82, 2.24) is 10.3 Å². The van der Waals surface area contributed by atoms with Crippen molar-refractivity contribution in [1.29, 1.82) is 0 Å². The van der Waals surface area contributed by atoms with Crippen molar-refractivity contribution in [3.05, 3.63) is 62.3 Å². The van der Waals surface area contributed by atoms with Crippen molar-refractivity contribution in [2.45, 2.75) is 19.4 Å². The van der Waals surface area contributed by atoms with Crippen molar-refractivity contribution >= 4 is 31.9 Å². The van der Waals surface area contributed by atoms with E-state index in [0.29, 0.717) is 6.54 Å². The monoisotopic (exact) mass is 418 g/mol. The molecule has 0 spiro atoms. The Morgan fingerprint density at radius 1 is 1.24 bits per heavy atom. The molecule has 0 aliphatic rings. The first-order chi connectivity index (χ1) is 10.0. The number of nitrogens with one attached hydrogen (secondary N) is 1. The molecule has 0 amide bonds. The van der Waals surface area contributed by atoms with Gasteiger partial charge in [-0.3, -0.25) is 4.98 Å². The molecule has 1 heterocycles. The Kier molecular flexibility index (Phi) is 5.84. The molecule has 2 aromatic rings. The molecule has 2 rings (SSSR count). The van der Waals surface area contributed by atoms with E-state index in [4.69, 9.17) is 0 Å². The van der Waals surface area contributed by atoms with E-state index in [1.807, 2.05) is 13.0 Å². The van der Waals surface area contributed by atoms with Crippen molar-refractivity contribution in [3.63, 3.8) is 0 Å². The minimum atomic E-state index is -0.555. The lowest BCUT2D eigenvalue weighted by atomic mass is 9.99. The summed E-state index contributed by atoms with van der Waals surface area (Å²) in [7, 11) is 0. The zero-order valence-corrected chi connectivity index (χ0v) is 14.5. The molecular weight excluding hydrogens is 406 g/mol. The highest BCUT2D eigenvalue weighted by molar-refractivity contribution is 9.10. The molecule has 6 heteroatoms. The Hall–Kier alpha value is -0.850. The molecule has 0 bridgehead atoms. The predicted octanol–water partition coefficient (Wildman–Crippen LogP) is 4.78. The Balaban J connectivity index is 2.35. The van der Waals surface area contributed by atoms with Crippen molar-refractivity contribution in [3.8, 4) is 0 Å². The summed E-state index contributed by atoms with van der Waals surface area (Å²) in [5.41, 5.74) is 0.945. The van der Waals surface area contributed by atoms with E-state index in [1.54, 1.807) is 12.4 Å². The first-order valence-electron chi connectivity index (χ1n) is 6.49. The quantitative estimate of drug-likeness (QED) is 0.705. The Morgan fingerprint density at radius 2 is 2.00 bits per heavy atom. The lowest BCUT2D eigenvalue weighted by Crippen LogP contribution is -2.24. The molecule has 0 saturated carbocycles. The molecular formula is C15H14Br2F2N2. The van der Waals surface area contributed by atoms with Crippen LogP contribution in [0, 0.1) is 11.6 Å². The van der Waals surface area contributed by atoms with Gasteiger partial charge in [-0.25, -0.2) is 8.78 Å². The van der Waals surface area contributed by atoms with E-state index in [0.717, 1.165) is 10.0 Å². The number of rotatable bonds is 5. The number of nitrogens with zero attached hydrogens (tertiary/aromatic N) is 1. The lowest BCUT2D eigenvalue weighted by molar-refractivity contribution is 0.496. The Bertz CT molecular complexity index is 635. The molecule has 1 aromatic carbocycles. The highest BCUT2D eigenvalue weighted by atomic mass is 79.9. The van der Waals surface area contributed by atoms with Gasteiger partial charge in [0.05, 0.1) is 4.47 Å². The average molecular weight is 420 g/mol. The van der Waals surface area contributed by atoms with Gasteiger partial charge in [0.15, 0.2) is 0 Å². The number of hydrogen-bond acceptors (Lipinski definition) is 2. The molecule has 0 aliphatic carbocycles. The van der Waals surface area contributed by atoms with Crippen molar-refractivity contribution < 1.29 is 8.78 Å². The van der Waals surface area contributed by atoms with E-state index in [-0.39, 0.29) is 22.5 Å². The van der Waals surface area contributed by atoms with Crippen molar-refractivity contribution in [2.75, 3.05) is 6.54 Å². The second kappa shape index (κ2) is 7.42. The van der Waals surface area contributed by atoms with Gasteiger partial charge in [-0.2, -0.15) is 0 Å². The van der Waals surface area contributed by atoms with Gasteiger partial charge in [0.1, 0.15) is 11.6 Å². The maximum Gasteiger partial charge on any atom is 0.143 e. The summed E-state index contributed by atoms with van der Waals surface area (Å²) in [4.78, 5) is 4.11. The number of hydrogen-bond donors (Lipinski definition) is 1. The molecule has 0 saturated heterocycles. The third-order valence-electron chi connectivity index (χ3n) is 3.13. The van der Waals surface area contributed by atoms with Gasteiger partial charge in [-0.15, -0.1) is 0 Å². The molecule has 1 aromatic heterocycles. The van der Waals surface area contributed by atoms with Gasteiger partial charge in [-0.05, 0) is 68.6 Å². The van der Waals surface area contributed by atoms with Crippen LogP contribution < -0.4 is 5.32 Å². The standard InChI is InChI=1S/C15H14Br2F2N2/c1-2-21-14(9-5-10(16)8-20-7-9)6-11-13(18)4-3-12(17)15(11)19/h3-5,7-8,14,21H,2,6H2,1H3. The largest absolute Gasteiger partial charge is 0.310 e. The molecule has 1 unspecified atom stereocenters. The van der Waals surface area contributed by atoms with Gasteiger partial charge >= 0.3 is 0 Å². The van der Waals surface area contributed by atoms with E-state index in [2.05, 4.69) is 42.2 Å². The van der Waals surface area contributed by atoms with E-state index in [9.17, 15) is 8.78 Å². The zero-order chi connectivity index (χ0) is 15.4. The van der Waals surface area contributed by atoms with Crippen LogP contribution in [0.25, 0.3) is 0 Å². The molecule has 1 atom stereocenters. The summed E-state index contributed by atoms with van der Waals surface area (Å²) >= 11 is 6.46. The lowest BCUT2D eigenvalue weighted by Gasteiger charge is -2.19. The summed E-state index contributed by atoms with van der Waals surface area (Å²) in [5, 5.41) is 3.24. The first kappa shape index (κ1) is 16.5. The molecule has 21 heavy (non-hydrogen) atoms. The normalized spacial score (nSPS) is 12.4. The number of benzene rings is 1. The molecule has 0 fully saturated rings. The van der Waals surface area contributed by atoms with Crippen LogP contribution in [0.2, 0.25) is 0 Å². The Morgan fingerprint density at radius 3 is 2.67 bits per heavy atom. The molecule has 2 nitrogen and oxygen atoms in total.